The molecule has 0 amide bonds. The van der Waals surface area contributed by atoms with Crippen molar-refractivity contribution in [3.8, 4) is 0 Å². The molecule has 0 unspecified atom stereocenters. The fourth-order valence-electron chi connectivity index (χ4n) is 2.64. The summed E-state index contributed by atoms with van der Waals surface area (Å²) < 4.78 is 0. The summed E-state index contributed by atoms with van der Waals surface area (Å²) in [5.74, 6) is 0.847. The highest BCUT2D eigenvalue weighted by Crippen LogP contribution is 2.35. The van der Waals surface area contributed by atoms with Gasteiger partial charge in [0.2, 0.25) is 0 Å². The van der Waals surface area contributed by atoms with Crippen LogP contribution in [0.25, 0.3) is 0 Å². The molecule has 4 nitrogen and oxygen atoms in total. The largest absolute Gasteiger partial charge is 0.397 e. The highest BCUT2D eigenvalue weighted by molar-refractivity contribution is 5.49. The molecular formula is C14H23N3O. The first-order chi connectivity index (χ1) is 8.65. The predicted molar refractivity (Wildman–Crippen MR) is 74.5 cm³/mol. The number of aryl methyl sites for hydroxylation is 1. The van der Waals surface area contributed by atoms with Crippen LogP contribution in [0.4, 0.5) is 11.5 Å². The number of aromatic nitrogens is 1. The van der Waals surface area contributed by atoms with Crippen LogP contribution in [0.15, 0.2) is 12.1 Å². The monoisotopic (exact) mass is 249 g/mol. The molecule has 1 aromatic rings. The van der Waals surface area contributed by atoms with E-state index in [1.165, 1.54) is 19.3 Å². The quantitative estimate of drug-likeness (QED) is 0.766. The van der Waals surface area contributed by atoms with Crippen LogP contribution in [0, 0.1) is 12.3 Å². The van der Waals surface area contributed by atoms with E-state index in [-0.39, 0.29) is 12.0 Å². The lowest BCUT2D eigenvalue weighted by molar-refractivity contribution is 0.0943. The van der Waals surface area contributed by atoms with Gasteiger partial charge in [0.25, 0.3) is 0 Å². The molecule has 1 aliphatic rings. The molecule has 0 bridgehead atoms. The van der Waals surface area contributed by atoms with E-state index in [9.17, 15) is 5.11 Å². The van der Waals surface area contributed by atoms with Crippen molar-refractivity contribution in [3.05, 3.63) is 17.8 Å². The number of hydrogen-bond donors (Lipinski definition) is 3. The van der Waals surface area contributed by atoms with Crippen LogP contribution in [-0.4, -0.2) is 23.2 Å². The van der Waals surface area contributed by atoms with Crippen LogP contribution in [0.2, 0.25) is 0 Å². The van der Waals surface area contributed by atoms with Gasteiger partial charge in [-0.15, -0.1) is 0 Å². The molecule has 4 heteroatoms. The van der Waals surface area contributed by atoms with Crippen molar-refractivity contribution >= 4 is 11.5 Å². The number of nitrogen functional groups attached to an aromatic ring is 1. The first-order valence-corrected chi connectivity index (χ1v) is 6.73. The van der Waals surface area contributed by atoms with Gasteiger partial charge in [-0.2, -0.15) is 0 Å². The summed E-state index contributed by atoms with van der Waals surface area (Å²) >= 11 is 0. The molecule has 1 aliphatic carbocycles. The summed E-state index contributed by atoms with van der Waals surface area (Å²) in [6.45, 7) is 2.96. The van der Waals surface area contributed by atoms with E-state index >= 15 is 0 Å². The minimum Gasteiger partial charge on any atom is -0.397 e. The van der Waals surface area contributed by atoms with E-state index in [0.717, 1.165) is 36.6 Å². The zero-order valence-corrected chi connectivity index (χ0v) is 11.1. The molecule has 1 saturated carbocycles. The first-order valence-electron chi connectivity index (χ1n) is 6.73. The molecule has 2 rings (SSSR count). The highest BCUT2D eigenvalue weighted by Gasteiger charge is 2.31. The number of aliphatic hydroxyl groups excluding tert-OH is 1. The zero-order chi connectivity index (χ0) is 13.0. The van der Waals surface area contributed by atoms with Gasteiger partial charge in [-0.1, -0.05) is 19.3 Å². The van der Waals surface area contributed by atoms with E-state index in [1.807, 2.05) is 19.1 Å². The Morgan fingerprint density at radius 1 is 1.33 bits per heavy atom. The van der Waals surface area contributed by atoms with Crippen molar-refractivity contribution in [2.45, 2.75) is 39.0 Å². The summed E-state index contributed by atoms with van der Waals surface area (Å²) in [6.07, 6.45) is 5.93. The van der Waals surface area contributed by atoms with Crippen LogP contribution in [0.1, 0.15) is 37.8 Å². The molecule has 0 aliphatic heterocycles. The molecule has 0 spiro atoms. The molecule has 100 valence electrons. The number of aliphatic hydroxyl groups is 1. The lowest BCUT2D eigenvalue weighted by Crippen LogP contribution is -2.35. The van der Waals surface area contributed by atoms with E-state index in [1.54, 1.807) is 0 Å². The number of rotatable bonds is 4. The number of hydrogen-bond acceptors (Lipinski definition) is 4. The van der Waals surface area contributed by atoms with E-state index in [2.05, 4.69) is 10.3 Å². The van der Waals surface area contributed by atoms with Gasteiger partial charge < -0.3 is 16.2 Å². The van der Waals surface area contributed by atoms with Gasteiger partial charge in [0.1, 0.15) is 5.82 Å². The van der Waals surface area contributed by atoms with Gasteiger partial charge in [-0.05, 0) is 31.9 Å². The lowest BCUT2D eigenvalue weighted by atomic mass is 9.74. The Labute approximate surface area is 109 Å². The number of nitrogens with zero attached hydrogens (tertiary/aromatic N) is 1. The second-order valence-corrected chi connectivity index (χ2v) is 5.44. The van der Waals surface area contributed by atoms with Crippen LogP contribution in [0.3, 0.4) is 0 Å². The molecular weight excluding hydrogens is 226 g/mol. The number of anilines is 2. The van der Waals surface area contributed by atoms with E-state index in [0.29, 0.717) is 0 Å². The third-order valence-electron chi connectivity index (χ3n) is 4.02. The number of nitrogens with two attached hydrogens (primary N) is 1. The van der Waals surface area contributed by atoms with E-state index in [4.69, 9.17) is 5.73 Å². The molecule has 1 heterocycles. The van der Waals surface area contributed by atoms with Crippen molar-refractivity contribution in [1.29, 1.82) is 0 Å². The van der Waals surface area contributed by atoms with Gasteiger partial charge >= 0.3 is 0 Å². The maximum absolute atomic E-state index is 9.64. The summed E-state index contributed by atoms with van der Waals surface area (Å²) in [4.78, 5) is 4.40. The Kier molecular flexibility index (Phi) is 4.07. The Balaban J connectivity index is 1.98. The molecule has 0 atom stereocenters. The second-order valence-electron chi connectivity index (χ2n) is 5.44. The molecule has 0 radical (unpaired) electrons. The summed E-state index contributed by atoms with van der Waals surface area (Å²) in [6, 6.07) is 3.77. The van der Waals surface area contributed by atoms with Crippen molar-refractivity contribution in [1.82, 2.24) is 4.98 Å². The fourth-order valence-corrected chi connectivity index (χ4v) is 2.64. The van der Waals surface area contributed by atoms with Gasteiger partial charge in [0.05, 0.1) is 18.0 Å². The van der Waals surface area contributed by atoms with E-state index < -0.39 is 0 Å². The molecule has 0 aromatic carbocycles. The number of pyridine rings is 1. The Morgan fingerprint density at radius 3 is 2.67 bits per heavy atom. The van der Waals surface area contributed by atoms with Crippen LogP contribution < -0.4 is 11.1 Å². The fraction of sp³-hybridized carbons (Fsp3) is 0.643. The topological polar surface area (TPSA) is 71.2 Å². The third kappa shape index (κ3) is 2.93. The van der Waals surface area contributed by atoms with Crippen molar-refractivity contribution in [3.63, 3.8) is 0 Å². The Bertz CT molecular complexity index is 400. The second kappa shape index (κ2) is 5.57. The van der Waals surface area contributed by atoms with Gasteiger partial charge in [0, 0.05) is 12.0 Å². The van der Waals surface area contributed by atoms with Gasteiger partial charge in [0.15, 0.2) is 0 Å². The van der Waals surface area contributed by atoms with Crippen molar-refractivity contribution in [2.24, 2.45) is 5.41 Å². The normalized spacial score (nSPS) is 18.6. The smallest absolute Gasteiger partial charge is 0.126 e. The van der Waals surface area contributed by atoms with Crippen LogP contribution in [-0.2, 0) is 0 Å². The summed E-state index contributed by atoms with van der Waals surface area (Å²) in [7, 11) is 0. The SMILES string of the molecule is Cc1nc(NCC2(CO)CCCCC2)ccc1N. The molecule has 18 heavy (non-hydrogen) atoms. The standard InChI is InChI=1S/C14H23N3O/c1-11-12(15)5-6-13(17-11)16-9-14(10-18)7-3-2-4-8-14/h5-6,18H,2-4,7-10,15H2,1H3,(H,16,17). The minimum atomic E-state index is 0.0369. The lowest BCUT2D eigenvalue weighted by Gasteiger charge is -2.35. The van der Waals surface area contributed by atoms with Crippen molar-refractivity contribution in [2.75, 3.05) is 24.2 Å². The van der Waals surface area contributed by atoms with Crippen LogP contribution in [0.5, 0.6) is 0 Å². The summed E-state index contributed by atoms with van der Waals surface area (Å²) in [5.41, 5.74) is 7.35. The van der Waals surface area contributed by atoms with Crippen LogP contribution >= 0.6 is 0 Å². The first kappa shape index (κ1) is 13.1. The van der Waals surface area contributed by atoms with Crippen molar-refractivity contribution < 1.29 is 5.11 Å². The molecule has 1 aromatic heterocycles. The number of nitrogens with one attached hydrogen (secondary N) is 1. The average molecular weight is 249 g/mol. The zero-order valence-electron chi connectivity index (χ0n) is 11.1. The Hall–Kier alpha value is -1.29. The summed E-state index contributed by atoms with van der Waals surface area (Å²) in [5, 5.41) is 13.0. The molecule has 0 saturated heterocycles. The predicted octanol–water partition coefficient (Wildman–Crippen LogP) is 2.33. The Morgan fingerprint density at radius 2 is 2.06 bits per heavy atom. The third-order valence-corrected chi connectivity index (χ3v) is 4.02. The maximum Gasteiger partial charge on any atom is 0.126 e. The average Bonchev–Trinajstić information content (AvgIpc) is 2.41. The maximum atomic E-state index is 9.64. The molecule has 1 fully saturated rings. The highest BCUT2D eigenvalue weighted by atomic mass is 16.3. The minimum absolute atomic E-state index is 0.0369. The van der Waals surface area contributed by atoms with Gasteiger partial charge in [-0.25, -0.2) is 4.98 Å². The van der Waals surface area contributed by atoms with Gasteiger partial charge in [-0.3, -0.25) is 0 Å². The molecule has 4 N–H and O–H groups in total.